The van der Waals surface area contributed by atoms with Crippen LogP contribution in [0.2, 0.25) is 0 Å². The Hall–Kier alpha value is -4.48. The number of para-hydroxylation sites is 1. The normalized spacial score (nSPS) is 14.7. The highest BCUT2D eigenvalue weighted by Gasteiger charge is 2.35. The van der Waals surface area contributed by atoms with E-state index in [1.165, 1.54) is 0 Å². The third-order valence-corrected chi connectivity index (χ3v) is 6.85. The van der Waals surface area contributed by atoms with E-state index in [1.54, 1.807) is 17.7 Å². The van der Waals surface area contributed by atoms with Crippen molar-refractivity contribution in [2.24, 2.45) is 5.92 Å². The molecule has 0 spiro atoms. The minimum absolute atomic E-state index is 0.0350. The SMILES string of the molecule is CCOCCCN1C(=O)C(C#N)=C(C)/C(=C\c2cn(-c3ccccc3)nc2-c2ccc(OCCC(C)C)cc2)C1=O. The van der Waals surface area contributed by atoms with E-state index in [0.29, 0.717) is 54.6 Å². The van der Waals surface area contributed by atoms with Gasteiger partial charge in [-0.1, -0.05) is 32.0 Å². The first-order valence-electron chi connectivity index (χ1n) is 14.0. The van der Waals surface area contributed by atoms with Gasteiger partial charge in [-0.25, -0.2) is 4.68 Å². The zero-order valence-corrected chi connectivity index (χ0v) is 24.1. The van der Waals surface area contributed by atoms with Gasteiger partial charge in [0, 0.05) is 42.7 Å². The number of nitriles is 1. The van der Waals surface area contributed by atoms with Gasteiger partial charge < -0.3 is 9.47 Å². The summed E-state index contributed by atoms with van der Waals surface area (Å²) in [7, 11) is 0. The molecule has 41 heavy (non-hydrogen) atoms. The first-order valence-corrected chi connectivity index (χ1v) is 14.0. The second-order valence-electron chi connectivity index (χ2n) is 10.3. The topological polar surface area (TPSA) is 97.5 Å². The minimum Gasteiger partial charge on any atom is -0.494 e. The molecule has 0 bridgehead atoms. The largest absolute Gasteiger partial charge is 0.494 e. The van der Waals surface area contributed by atoms with Crippen molar-refractivity contribution in [1.29, 1.82) is 5.26 Å². The Balaban J connectivity index is 1.75. The molecule has 3 aromatic rings. The van der Waals surface area contributed by atoms with Gasteiger partial charge in [0.2, 0.25) is 0 Å². The van der Waals surface area contributed by atoms with E-state index in [0.717, 1.165) is 28.3 Å². The lowest BCUT2D eigenvalue weighted by Gasteiger charge is -2.27. The second kappa shape index (κ2) is 13.7. The van der Waals surface area contributed by atoms with Gasteiger partial charge in [0.15, 0.2) is 0 Å². The Morgan fingerprint density at radius 1 is 1.02 bits per heavy atom. The maximum Gasteiger partial charge on any atom is 0.271 e. The zero-order chi connectivity index (χ0) is 29.4. The molecule has 0 unspecified atom stereocenters. The van der Waals surface area contributed by atoms with Gasteiger partial charge in [0.25, 0.3) is 11.8 Å². The molecule has 8 nitrogen and oxygen atoms in total. The molecular weight excluding hydrogens is 516 g/mol. The molecule has 0 saturated heterocycles. The molecule has 0 atom stereocenters. The number of nitrogens with zero attached hydrogens (tertiary/aromatic N) is 4. The molecule has 0 saturated carbocycles. The van der Waals surface area contributed by atoms with E-state index in [1.807, 2.05) is 73.8 Å². The third kappa shape index (κ3) is 7.00. The van der Waals surface area contributed by atoms with Gasteiger partial charge in [-0.05, 0) is 80.7 Å². The molecule has 2 aromatic carbocycles. The van der Waals surface area contributed by atoms with Crippen molar-refractivity contribution in [2.45, 2.75) is 40.5 Å². The maximum atomic E-state index is 13.6. The van der Waals surface area contributed by atoms with Crippen molar-refractivity contribution in [2.75, 3.05) is 26.4 Å². The predicted molar refractivity (Wildman–Crippen MR) is 158 cm³/mol. The summed E-state index contributed by atoms with van der Waals surface area (Å²) in [5.74, 6) is 0.328. The summed E-state index contributed by atoms with van der Waals surface area (Å²) >= 11 is 0. The lowest BCUT2D eigenvalue weighted by molar-refractivity contribution is -0.140. The predicted octanol–water partition coefficient (Wildman–Crippen LogP) is 5.98. The van der Waals surface area contributed by atoms with Gasteiger partial charge in [-0.15, -0.1) is 0 Å². The summed E-state index contributed by atoms with van der Waals surface area (Å²) in [6, 6.07) is 19.4. The smallest absolute Gasteiger partial charge is 0.271 e. The Morgan fingerprint density at radius 2 is 1.76 bits per heavy atom. The minimum atomic E-state index is -0.572. The summed E-state index contributed by atoms with van der Waals surface area (Å²) in [5, 5.41) is 14.7. The van der Waals surface area contributed by atoms with E-state index in [-0.39, 0.29) is 12.1 Å². The number of aromatic nitrogens is 2. The molecule has 8 heteroatoms. The Morgan fingerprint density at radius 3 is 2.41 bits per heavy atom. The van der Waals surface area contributed by atoms with Crippen LogP contribution in [-0.2, 0) is 14.3 Å². The molecule has 1 aromatic heterocycles. The van der Waals surface area contributed by atoms with Crippen LogP contribution < -0.4 is 4.74 Å². The van der Waals surface area contributed by atoms with Gasteiger partial charge in [0.05, 0.1) is 18.0 Å². The molecular formula is C33H36N4O4. The van der Waals surface area contributed by atoms with E-state index >= 15 is 0 Å². The number of carbonyl (C=O) groups is 2. The molecule has 0 aliphatic carbocycles. The fourth-order valence-corrected chi connectivity index (χ4v) is 4.51. The molecule has 0 fully saturated rings. The highest BCUT2D eigenvalue weighted by molar-refractivity contribution is 6.19. The number of benzene rings is 2. The fraction of sp³-hybridized carbons (Fsp3) is 0.333. The summed E-state index contributed by atoms with van der Waals surface area (Å²) in [6.07, 6.45) is 5.04. The van der Waals surface area contributed by atoms with Crippen LogP contribution in [0.1, 0.15) is 46.1 Å². The van der Waals surface area contributed by atoms with Crippen molar-refractivity contribution in [3.63, 3.8) is 0 Å². The number of carbonyl (C=O) groups excluding carboxylic acids is 2. The Labute approximate surface area is 241 Å². The van der Waals surface area contributed by atoms with Crippen molar-refractivity contribution in [3.8, 4) is 28.8 Å². The highest BCUT2D eigenvalue weighted by atomic mass is 16.5. The van der Waals surface area contributed by atoms with Crippen LogP contribution >= 0.6 is 0 Å². The van der Waals surface area contributed by atoms with Gasteiger partial charge in [-0.3, -0.25) is 14.5 Å². The van der Waals surface area contributed by atoms with Gasteiger partial charge in [-0.2, -0.15) is 10.4 Å². The van der Waals surface area contributed by atoms with Crippen LogP contribution in [-0.4, -0.2) is 52.9 Å². The number of rotatable bonds is 12. The summed E-state index contributed by atoms with van der Waals surface area (Å²) in [4.78, 5) is 27.7. The van der Waals surface area contributed by atoms with Crippen LogP contribution in [0.4, 0.5) is 0 Å². The molecule has 1 aliphatic rings. The fourth-order valence-electron chi connectivity index (χ4n) is 4.51. The molecule has 0 N–H and O–H groups in total. The Kier molecular flexibility index (Phi) is 9.88. The van der Waals surface area contributed by atoms with Crippen LogP contribution in [0, 0.1) is 17.2 Å². The Bertz CT molecular complexity index is 1480. The number of amides is 2. The molecule has 4 rings (SSSR count). The van der Waals surface area contributed by atoms with Crippen LogP contribution in [0.3, 0.4) is 0 Å². The highest BCUT2D eigenvalue weighted by Crippen LogP contribution is 2.32. The molecule has 0 radical (unpaired) electrons. The van der Waals surface area contributed by atoms with Crippen LogP contribution in [0.15, 0.2) is 77.5 Å². The van der Waals surface area contributed by atoms with Crippen molar-refractivity contribution < 1.29 is 19.1 Å². The van der Waals surface area contributed by atoms with Gasteiger partial charge in [0.1, 0.15) is 17.4 Å². The van der Waals surface area contributed by atoms with E-state index in [4.69, 9.17) is 14.6 Å². The zero-order valence-electron chi connectivity index (χ0n) is 24.1. The van der Waals surface area contributed by atoms with Crippen molar-refractivity contribution >= 4 is 17.9 Å². The lowest BCUT2D eigenvalue weighted by atomic mass is 9.93. The summed E-state index contributed by atoms with van der Waals surface area (Å²) in [5.41, 5.74) is 3.67. The van der Waals surface area contributed by atoms with Crippen molar-refractivity contribution in [3.05, 3.63) is 83.1 Å². The standard InChI is InChI=1S/C33H36N4O4/c1-5-40-18-9-17-36-32(38)29(24(4)30(21-34)33(36)39)20-26-22-37(27-10-7-6-8-11-27)35-31(26)25-12-14-28(15-13-25)41-19-16-23(2)3/h6-8,10-15,20,22-23H,5,9,16-19H2,1-4H3/b29-20+. The first-order chi connectivity index (χ1) is 19.8. The average Bonchev–Trinajstić information content (AvgIpc) is 3.40. The maximum absolute atomic E-state index is 13.6. The second-order valence-corrected chi connectivity index (χ2v) is 10.3. The molecule has 2 heterocycles. The third-order valence-electron chi connectivity index (χ3n) is 6.85. The monoisotopic (exact) mass is 552 g/mol. The van der Waals surface area contributed by atoms with Crippen LogP contribution in [0.5, 0.6) is 5.75 Å². The first kappa shape index (κ1) is 29.5. The quantitative estimate of drug-likeness (QED) is 0.156. The average molecular weight is 553 g/mol. The van der Waals surface area contributed by atoms with E-state index in [2.05, 4.69) is 13.8 Å². The number of imide groups is 1. The number of hydrogen-bond donors (Lipinski definition) is 0. The number of ether oxygens (including phenoxy) is 2. The molecule has 1 aliphatic heterocycles. The summed E-state index contributed by atoms with van der Waals surface area (Å²) in [6.45, 7) is 9.63. The van der Waals surface area contributed by atoms with E-state index in [9.17, 15) is 14.9 Å². The van der Waals surface area contributed by atoms with E-state index < -0.39 is 11.8 Å². The summed E-state index contributed by atoms with van der Waals surface area (Å²) < 4.78 is 13.0. The van der Waals surface area contributed by atoms with Crippen LogP contribution in [0.25, 0.3) is 23.0 Å². The lowest BCUT2D eigenvalue weighted by Crippen LogP contribution is -2.43. The van der Waals surface area contributed by atoms with Crippen molar-refractivity contribution in [1.82, 2.24) is 14.7 Å². The molecule has 212 valence electrons. The van der Waals surface area contributed by atoms with Gasteiger partial charge >= 0.3 is 0 Å². The number of hydrogen-bond acceptors (Lipinski definition) is 6. The molecule has 2 amide bonds.